The molecule has 4 heteroatoms. The van der Waals surface area contributed by atoms with E-state index in [-0.39, 0.29) is 6.61 Å². The average molecular weight is 164 g/mol. The highest BCUT2D eigenvalue weighted by Gasteiger charge is 1.88. The Morgan fingerprint density at radius 1 is 1.00 bits per heavy atom. The second-order valence-corrected chi connectivity index (χ2v) is 2.15. The van der Waals surface area contributed by atoms with Crippen LogP contribution in [0.5, 0.6) is 0 Å². The van der Waals surface area contributed by atoms with E-state index in [9.17, 15) is 0 Å². The SMILES string of the molecule is COCCCCOCCOO. The first-order chi connectivity index (χ1) is 5.41. The maximum absolute atomic E-state index is 7.91. The van der Waals surface area contributed by atoms with Gasteiger partial charge < -0.3 is 9.47 Å². The fraction of sp³-hybridized carbons (Fsp3) is 1.00. The van der Waals surface area contributed by atoms with E-state index in [4.69, 9.17) is 14.7 Å². The minimum atomic E-state index is 0.240. The summed E-state index contributed by atoms with van der Waals surface area (Å²) < 4.78 is 9.93. The van der Waals surface area contributed by atoms with Crippen molar-refractivity contribution >= 4 is 0 Å². The summed E-state index contributed by atoms with van der Waals surface area (Å²) in [6, 6.07) is 0. The zero-order valence-corrected chi connectivity index (χ0v) is 6.91. The fourth-order valence-electron chi connectivity index (χ4n) is 0.649. The highest BCUT2D eigenvalue weighted by Crippen LogP contribution is 1.89. The quantitative estimate of drug-likeness (QED) is 0.329. The van der Waals surface area contributed by atoms with Crippen molar-refractivity contribution in [3.8, 4) is 0 Å². The van der Waals surface area contributed by atoms with Gasteiger partial charge in [0.1, 0.15) is 6.61 Å². The molecule has 11 heavy (non-hydrogen) atoms. The van der Waals surface area contributed by atoms with Gasteiger partial charge in [0, 0.05) is 20.3 Å². The van der Waals surface area contributed by atoms with Gasteiger partial charge in [0.15, 0.2) is 0 Å². The van der Waals surface area contributed by atoms with E-state index < -0.39 is 0 Å². The summed E-state index contributed by atoms with van der Waals surface area (Å²) in [6.45, 7) is 2.17. The number of rotatable bonds is 8. The van der Waals surface area contributed by atoms with Crippen LogP contribution in [0.15, 0.2) is 0 Å². The third kappa shape index (κ3) is 9.84. The van der Waals surface area contributed by atoms with Crippen LogP contribution in [0.2, 0.25) is 0 Å². The Labute approximate surface area is 67.0 Å². The summed E-state index contributed by atoms with van der Waals surface area (Å²) in [5.41, 5.74) is 0. The van der Waals surface area contributed by atoms with Gasteiger partial charge in [0.2, 0.25) is 0 Å². The van der Waals surface area contributed by atoms with Crippen LogP contribution >= 0.6 is 0 Å². The zero-order valence-electron chi connectivity index (χ0n) is 6.91. The van der Waals surface area contributed by atoms with Crippen molar-refractivity contribution in [2.24, 2.45) is 0 Å². The predicted molar refractivity (Wildman–Crippen MR) is 40.5 cm³/mol. The normalized spacial score (nSPS) is 10.4. The molecule has 0 aliphatic rings. The standard InChI is InChI=1S/C7H16O4/c1-9-4-2-3-5-10-6-7-11-8/h8H,2-7H2,1H3. The third-order valence-electron chi connectivity index (χ3n) is 1.21. The van der Waals surface area contributed by atoms with E-state index in [1.807, 2.05) is 0 Å². The zero-order chi connectivity index (χ0) is 8.36. The van der Waals surface area contributed by atoms with Gasteiger partial charge in [-0.3, -0.25) is 5.26 Å². The second-order valence-electron chi connectivity index (χ2n) is 2.15. The molecular weight excluding hydrogens is 148 g/mol. The summed E-state index contributed by atoms with van der Waals surface area (Å²) in [5, 5.41) is 7.91. The molecule has 0 aromatic rings. The lowest BCUT2D eigenvalue weighted by Gasteiger charge is -2.01. The molecule has 0 fully saturated rings. The van der Waals surface area contributed by atoms with Crippen molar-refractivity contribution in [3.63, 3.8) is 0 Å². The highest BCUT2D eigenvalue weighted by atomic mass is 17.1. The summed E-state index contributed by atoms with van der Waals surface area (Å²) >= 11 is 0. The molecule has 0 spiro atoms. The molecule has 0 unspecified atom stereocenters. The largest absolute Gasteiger partial charge is 0.385 e. The molecular formula is C7H16O4. The minimum Gasteiger partial charge on any atom is -0.385 e. The Balaban J connectivity index is 2.69. The third-order valence-corrected chi connectivity index (χ3v) is 1.21. The maximum atomic E-state index is 7.91. The molecule has 0 aromatic heterocycles. The summed E-state index contributed by atoms with van der Waals surface area (Å²) in [4.78, 5) is 3.82. The first-order valence-corrected chi connectivity index (χ1v) is 3.75. The van der Waals surface area contributed by atoms with Crippen molar-refractivity contribution in [2.45, 2.75) is 12.8 Å². The van der Waals surface area contributed by atoms with Crippen LogP contribution in [-0.2, 0) is 14.4 Å². The number of methoxy groups -OCH3 is 1. The van der Waals surface area contributed by atoms with Gasteiger partial charge in [0.05, 0.1) is 6.61 Å². The Kier molecular flexibility index (Phi) is 9.70. The first-order valence-electron chi connectivity index (χ1n) is 3.75. The molecule has 0 radical (unpaired) electrons. The second kappa shape index (κ2) is 9.84. The Hall–Kier alpha value is -0.160. The molecule has 0 aliphatic heterocycles. The molecule has 0 rings (SSSR count). The fourth-order valence-corrected chi connectivity index (χ4v) is 0.649. The van der Waals surface area contributed by atoms with Crippen LogP contribution in [0.1, 0.15) is 12.8 Å². The van der Waals surface area contributed by atoms with Crippen LogP contribution in [0.4, 0.5) is 0 Å². The Morgan fingerprint density at radius 2 is 1.73 bits per heavy atom. The van der Waals surface area contributed by atoms with Crippen molar-refractivity contribution in [2.75, 3.05) is 33.5 Å². The van der Waals surface area contributed by atoms with Gasteiger partial charge in [-0.25, -0.2) is 4.89 Å². The number of hydrogen-bond acceptors (Lipinski definition) is 4. The lowest BCUT2D eigenvalue weighted by Crippen LogP contribution is -2.03. The topological polar surface area (TPSA) is 47.9 Å². The smallest absolute Gasteiger partial charge is 0.105 e. The van der Waals surface area contributed by atoms with Crippen LogP contribution in [0.3, 0.4) is 0 Å². The van der Waals surface area contributed by atoms with E-state index in [0.717, 1.165) is 19.4 Å². The van der Waals surface area contributed by atoms with E-state index in [1.165, 1.54) is 0 Å². The van der Waals surface area contributed by atoms with Crippen LogP contribution in [-0.4, -0.2) is 38.8 Å². The van der Waals surface area contributed by atoms with Gasteiger partial charge in [-0.1, -0.05) is 0 Å². The Bertz CT molecular complexity index is 59.5. The van der Waals surface area contributed by atoms with Crippen molar-refractivity contribution in [1.82, 2.24) is 0 Å². The molecule has 0 amide bonds. The first kappa shape index (κ1) is 10.8. The number of hydrogen-bond donors (Lipinski definition) is 1. The van der Waals surface area contributed by atoms with Crippen molar-refractivity contribution in [3.05, 3.63) is 0 Å². The minimum absolute atomic E-state index is 0.240. The van der Waals surface area contributed by atoms with Gasteiger partial charge in [0.25, 0.3) is 0 Å². The molecule has 0 atom stereocenters. The lowest BCUT2D eigenvalue weighted by molar-refractivity contribution is -0.249. The summed E-state index contributed by atoms with van der Waals surface area (Å²) in [7, 11) is 1.68. The van der Waals surface area contributed by atoms with Gasteiger partial charge in [-0.2, -0.15) is 0 Å². The van der Waals surface area contributed by atoms with Crippen molar-refractivity contribution in [1.29, 1.82) is 0 Å². The van der Waals surface area contributed by atoms with Gasteiger partial charge >= 0.3 is 0 Å². The van der Waals surface area contributed by atoms with Crippen LogP contribution in [0, 0.1) is 0 Å². The monoisotopic (exact) mass is 164 g/mol. The van der Waals surface area contributed by atoms with E-state index in [0.29, 0.717) is 13.2 Å². The van der Waals surface area contributed by atoms with Gasteiger partial charge in [-0.15, -0.1) is 0 Å². The Morgan fingerprint density at radius 3 is 2.36 bits per heavy atom. The van der Waals surface area contributed by atoms with E-state index in [1.54, 1.807) is 7.11 Å². The lowest BCUT2D eigenvalue weighted by atomic mass is 10.3. The molecule has 68 valence electrons. The highest BCUT2D eigenvalue weighted by molar-refractivity contribution is 4.36. The molecule has 0 saturated carbocycles. The average Bonchev–Trinajstić information content (AvgIpc) is 2.03. The number of unbranched alkanes of at least 4 members (excludes halogenated alkanes) is 1. The van der Waals surface area contributed by atoms with Crippen LogP contribution < -0.4 is 0 Å². The van der Waals surface area contributed by atoms with Crippen LogP contribution in [0.25, 0.3) is 0 Å². The molecule has 0 heterocycles. The molecule has 0 aliphatic carbocycles. The van der Waals surface area contributed by atoms with E-state index in [2.05, 4.69) is 4.89 Å². The summed E-state index contributed by atoms with van der Waals surface area (Å²) in [5.74, 6) is 0. The van der Waals surface area contributed by atoms with E-state index >= 15 is 0 Å². The maximum Gasteiger partial charge on any atom is 0.105 e. The molecule has 4 nitrogen and oxygen atoms in total. The predicted octanol–water partition coefficient (Wildman–Crippen LogP) is 0.919. The molecule has 0 bridgehead atoms. The van der Waals surface area contributed by atoms with Crippen molar-refractivity contribution < 1.29 is 19.6 Å². The summed E-state index contributed by atoms with van der Waals surface area (Å²) in [6.07, 6.45) is 2.00. The molecule has 1 N–H and O–H groups in total. The molecule has 0 aromatic carbocycles. The number of ether oxygens (including phenoxy) is 2. The van der Waals surface area contributed by atoms with Gasteiger partial charge in [-0.05, 0) is 12.8 Å². The molecule has 0 saturated heterocycles.